The van der Waals surface area contributed by atoms with E-state index < -0.39 is 0 Å². The lowest BCUT2D eigenvalue weighted by Gasteiger charge is -2.30. The van der Waals surface area contributed by atoms with Gasteiger partial charge in [0.1, 0.15) is 11.4 Å². The summed E-state index contributed by atoms with van der Waals surface area (Å²) in [5.74, 6) is 0.488. The van der Waals surface area contributed by atoms with Crippen LogP contribution in [0.1, 0.15) is 35.7 Å². The highest BCUT2D eigenvalue weighted by atomic mass is 32.1. The zero-order valence-electron chi connectivity index (χ0n) is 19.8. The highest BCUT2D eigenvalue weighted by Gasteiger charge is 2.32. The van der Waals surface area contributed by atoms with Gasteiger partial charge in [0.05, 0.1) is 30.8 Å². The summed E-state index contributed by atoms with van der Waals surface area (Å²) in [7, 11) is 0. The fraction of sp³-hybridized carbons (Fsp3) is 0.440. The van der Waals surface area contributed by atoms with Crippen molar-refractivity contribution in [3.63, 3.8) is 0 Å². The fourth-order valence-electron chi connectivity index (χ4n) is 4.85. The number of nitrogens with zero attached hydrogens (tertiary/aromatic N) is 5. The van der Waals surface area contributed by atoms with Crippen LogP contribution in [-0.4, -0.2) is 61.9 Å². The summed E-state index contributed by atoms with van der Waals surface area (Å²) in [5.41, 5.74) is 2.10. The third kappa shape index (κ3) is 4.05. The van der Waals surface area contributed by atoms with Gasteiger partial charge >= 0.3 is 5.69 Å². The normalized spacial score (nSPS) is 17.7. The number of morpholine rings is 1. The van der Waals surface area contributed by atoms with E-state index in [1.165, 1.54) is 15.9 Å². The van der Waals surface area contributed by atoms with Crippen LogP contribution in [0.2, 0.25) is 0 Å². The predicted octanol–water partition coefficient (Wildman–Crippen LogP) is 2.41. The number of benzene rings is 1. The highest BCUT2D eigenvalue weighted by molar-refractivity contribution is 7.19. The molecule has 3 aromatic heterocycles. The fourth-order valence-corrected chi connectivity index (χ4v) is 6.07. The number of thiophene rings is 1. The molecule has 0 radical (unpaired) electrons. The third-order valence-electron chi connectivity index (χ3n) is 6.66. The largest absolute Gasteiger partial charge is 0.378 e. The molecule has 1 amide bonds. The van der Waals surface area contributed by atoms with Crippen molar-refractivity contribution in [3.05, 3.63) is 62.6 Å². The standard InChI is InChI=1S/C25H27N5O4S/c1-25(2)13-17-18(15-34-25)35-23-21(17)22-26-19(12-16-6-4-3-5-7-16)27-30(22)24(32)29(23)14-20(31)28-8-10-33-11-9-28/h3-7H,8-15H2,1-2H3. The van der Waals surface area contributed by atoms with Gasteiger partial charge in [0.2, 0.25) is 5.91 Å². The number of carbonyl (C=O) groups is 1. The molecular formula is C25H27N5O4S. The predicted molar refractivity (Wildman–Crippen MR) is 132 cm³/mol. The summed E-state index contributed by atoms with van der Waals surface area (Å²) in [4.78, 5) is 35.2. The van der Waals surface area contributed by atoms with Gasteiger partial charge in [-0.05, 0) is 25.0 Å². The summed E-state index contributed by atoms with van der Waals surface area (Å²) in [6.45, 7) is 6.67. The van der Waals surface area contributed by atoms with Gasteiger partial charge in [0.25, 0.3) is 0 Å². The maximum absolute atomic E-state index is 13.7. The minimum Gasteiger partial charge on any atom is -0.378 e. The molecule has 0 aliphatic carbocycles. The molecule has 2 aliphatic heterocycles. The van der Waals surface area contributed by atoms with Gasteiger partial charge in [0, 0.05) is 30.8 Å². The minimum absolute atomic E-state index is 0.0389. The molecule has 1 fully saturated rings. The SMILES string of the molecule is CC1(C)Cc2c(sc3c2c2nc(Cc4ccccc4)nn2c(=O)n3CC(=O)N2CCOCC2)CO1. The van der Waals surface area contributed by atoms with Gasteiger partial charge < -0.3 is 14.4 Å². The number of carbonyl (C=O) groups excluding carboxylic acids is 1. The Labute approximate surface area is 205 Å². The lowest BCUT2D eigenvalue weighted by molar-refractivity contribution is -0.135. The molecule has 6 rings (SSSR count). The smallest absolute Gasteiger partial charge is 0.352 e. The molecule has 1 aromatic carbocycles. The monoisotopic (exact) mass is 493 g/mol. The molecule has 0 atom stereocenters. The summed E-state index contributed by atoms with van der Waals surface area (Å²) in [6, 6.07) is 9.96. The van der Waals surface area contributed by atoms with Gasteiger partial charge in [-0.1, -0.05) is 30.3 Å². The second-order valence-electron chi connectivity index (χ2n) is 9.70. The number of aromatic nitrogens is 4. The van der Waals surface area contributed by atoms with E-state index in [1.54, 1.807) is 9.47 Å². The van der Waals surface area contributed by atoms with Crippen molar-refractivity contribution in [3.8, 4) is 0 Å². The molecule has 4 aromatic rings. The van der Waals surface area contributed by atoms with Crippen LogP contribution < -0.4 is 5.69 Å². The first-order chi connectivity index (χ1) is 16.9. The van der Waals surface area contributed by atoms with Gasteiger partial charge in [-0.15, -0.1) is 16.4 Å². The van der Waals surface area contributed by atoms with E-state index in [4.69, 9.17) is 14.5 Å². The number of ether oxygens (including phenoxy) is 2. The highest BCUT2D eigenvalue weighted by Crippen LogP contribution is 2.40. The second kappa shape index (κ2) is 8.54. The van der Waals surface area contributed by atoms with E-state index in [1.807, 2.05) is 30.3 Å². The minimum atomic E-state index is -0.348. The third-order valence-corrected chi connectivity index (χ3v) is 7.89. The van der Waals surface area contributed by atoms with Crippen LogP contribution in [0.5, 0.6) is 0 Å². The molecule has 10 heteroatoms. The van der Waals surface area contributed by atoms with Crippen LogP contribution in [0.25, 0.3) is 15.9 Å². The van der Waals surface area contributed by atoms with E-state index in [-0.39, 0.29) is 23.7 Å². The molecule has 5 heterocycles. The van der Waals surface area contributed by atoms with E-state index in [2.05, 4.69) is 18.9 Å². The first-order valence-corrected chi connectivity index (χ1v) is 12.7. The number of fused-ring (bicyclic) bond motifs is 5. The first kappa shape index (κ1) is 22.4. The van der Waals surface area contributed by atoms with Crippen molar-refractivity contribution < 1.29 is 14.3 Å². The molecule has 1 saturated heterocycles. The molecule has 35 heavy (non-hydrogen) atoms. The number of rotatable bonds is 4. The maximum atomic E-state index is 13.7. The van der Waals surface area contributed by atoms with E-state index >= 15 is 0 Å². The van der Waals surface area contributed by atoms with E-state index in [9.17, 15) is 9.59 Å². The van der Waals surface area contributed by atoms with Crippen molar-refractivity contribution in [1.82, 2.24) is 24.1 Å². The van der Waals surface area contributed by atoms with Crippen LogP contribution in [0, 0.1) is 0 Å². The van der Waals surface area contributed by atoms with Gasteiger partial charge in [-0.2, -0.15) is 4.52 Å². The Morgan fingerprint density at radius 2 is 1.94 bits per heavy atom. The van der Waals surface area contributed by atoms with Crippen LogP contribution in [0.15, 0.2) is 35.1 Å². The molecule has 0 saturated carbocycles. The summed E-state index contributed by atoms with van der Waals surface area (Å²) in [6.07, 6.45) is 1.23. The topological polar surface area (TPSA) is 91.0 Å². The Balaban J connectivity index is 1.52. The molecule has 0 bridgehead atoms. The van der Waals surface area contributed by atoms with Crippen molar-refractivity contribution in [2.45, 2.75) is 45.4 Å². The van der Waals surface area contributed by atoms with Gasteiger partial charge in [-0.3, -0.25) is 9.36 Å². The van der Waals surface area contributed by atoms with Crippen molar-refractivity contribution in [2.24, 2.45) is 0 Å². The molecule has 182 valence electrons. The molecule has 0 N–H and O–H groups in total. The Morgan fingerprint density at radius 1 is 1.17 bits per heavy atom. The second-order valence-corrected chi connectivity index (χ2v) is 10.8. The summed E-state index contributed by atoms with van der Waals surface area (Å²) in [5, 5.41) is 5.51. The van der Waals surface area contributed by atoms with Gasteiger partial charge in [0.15, 0.2) is 11.5 Å². The molecule has 9 nitrogen and oxygen atoms in total. The first-order valence-electron chi connectivity index (χ1n) is 11.9. The Hall–Kier alpha value is -3.08. The van der Waals surface area contributed by atoms with Crippen molar-refractivity contribution in [1.29, 1.82) is 0 Å². The summed E-state index contributed by atoms with van der Waals surface area (Å²) >= 11 is 1.52. The quantitative estimate of drug-likeness (QED) is 0.434. The zero-order valence-corrected chi connectivity index (χ0v) is 20.6. The van der Waals surface area contributed by atoms with Crippen LogP contribution in [0.3, 0.4) is 0 Å². The Morgan fingerprint density at radius 3 is 2.71 bits per heavy atom. The number of amides is 1. The lowest BCUT2D eigenvalue weighted by Crippen LogP contribution is -2.44. The van der Waals surface area contributed by atoms with Crippen LogP contribution in [0.4, 0.5) is 0 Å². The molecule has 0 spiro atoms. The van der Waals surface area contributed by atoms with Crippen molar-refractivity contribution >= 4 is 33.1 Å². The van der Waals surface area contributed by atoms with E-state index in [0.717, 1.165) is 26.2 Å². The zero-order chi connectivity index (χ0) is 24.2. The number of hydrogen-bond donors (Lipinski definition) is 0. The maximum Gasteiger partial charge on any atom is 0.352 e. The summed E-state index contributed by atoms with van der Waals surface area (Å²) < 4.78 is 14.4. The average molecular weight is 494 g/mol. The van der Waals surface area contributed by atoms with Gasteiger partial charge in [-0.25, -0.2) is 9.78 Å². The molecule has 0 unspecified atom stereocenters. The Bertz CT molecular complexity index is 1480. The van der Waals surface area contributed by atoms with Crippen molar-refractivity contribution in [2.75, 3.05) is 26.3 Å². The van der Waals surface area contributed by atoms with E-state index in [0.29, 0.717) is 57.2 Å². The Kier molecular flexibility index (Phi) is 5.46. The lowest BCUT2D eigenvalue weighted by atomic mass is 9.94. The molecular weight excluding hydrogens is 466 g/mol. The van der Waals surface area contributed by atoms with Crippen LogP contribution in [-0.2, 0) is 40.3 Å². The molecule has 2 aliphatic rings. The average Bonchev–Trinajstić information content (AvgIpc) is 3.43. The number of hydrogen-bond acceptors (Lipinski definition) is 7. The van der Waals surface area contributed by atoms with Crippen LogP contribution >= 0.6 is 11.3 Å².